The van der Waals surface area contributed by atoms with Gasteiger partial charge in [0.25, 0.3) is 5.56 Å². The van der Waals surface area contributed by atoms with Gasteiger partial charge in [-0.1, -0.05) is 41.9 Å². The van der Waals surface area contributed by atoms with Crippen LogP contribution in [0.25, 0.3) is 16.7 Å². The van der Waals surface area contributed by atoms with Crippen molar-refractivity contribution in [2.45, 2.75) is 6.54 Å². The van der Waals surface area contributed by atoms with Gasteiger partial charge in [-0.25, -0.2) is 9.67 Å². The van der Waals surface area contributed by atoms with E-state index in [0.29, 0.717) is 22.6 Å². The maximum absolute atomic E-state index is 12.7. The van der Waals surface area contributed by atoms with Crippen molar-refractivity contribution >= 4 is 22.6 Å². The molecule has 0 bridgehead atoms. The Morgan fingerprint density at radius 3 is 2.50 bits per heavy atom. The van der Waals surface area contributed by atoms with E-state index in [2.05, 4.69) is 10.1 Å². The van der Waals surface area contributed by atoms with E-state index in [-0.39, 0.29) is 5.56 Å². The molecule has 0 fully saturated rings. The predicted molar refractivity (Wildman–Crippen MR) is 93.7 cm³/mol. The minimum atomic E-state index is -0.107. The molecular weight excluding hydrogens is 324 g/mol. The zero-order valence-electron chi connectivity index (χ0n) is 12.6. The molecule has 24 heavy (non-hydrogen) atoms. The largest absolute Gasteiger partial charge is 0.294 e. The Morgan fingerprint density at radius 1 is 1.00 bits per heavy atom. The first-order chi connectivity index (χ1) is 11.7. The Balaban J connectivity index is 1.78. The van der Waals surface area contributed by atoms with Crippen LogP contribution in [0.5, 0.6) is 0 Å². The van der Waals surface area contributed by atoms with Gasteiger partial charge in [-0.15, -0.1) is 0 Å². The van der Waals surface area contributed by atoms with E-state index in [0.717, 1.165) is 11.3 Å². The van der Waals surface area contributed by atoms with Crippen LogP contribution >= 0.6 is 11.6 Å². The van der Waals surface area contributed by atoms with E-state index in [9.17, 15) is 4.79 Å². The molecular formula is C18H13ClN4O. The smallest absolute Gasteiger partial charge is 0.264 e. The number of fused-ring (bicyclic) bond motifs is 1. The lowest BCUT2D eigenvalue weighted by Gasteiger charge is -2.06. The molecule has 0 atom stereocenters. The second kappa shape index (κ2) is 5.94. The summed E-state index contributed by atoms with van der Waals surface area (Å²) < 4.78 is 3.23. The Hall–Kier alpha value is -2.92. The van der Waals surface area contributed by atoms with Gasteiger partial charge in [0.15, 0.2) is 5.65 Å². The van der Waals surface area contributed by atoms with Crippen LogP contribution in [0.2, 0.25) is 5.02 Å². The van der Waals surface area contributed by atoms with Crippen molar-refractivity contribution in [3.05, 3.63) is 88.1 Å². The SMILES string of the molecule is O=c1c2cnn(-c3ccc(Cl)cc3)c2ncn1Cc1ccccc1. The molecule has 0 aliphatic carbocycles. The zero-order chi connectivity index (χ0) is 16.5. The number of benzene rings is 2. The fourth-order valence-corrected chi connectivity index (χ4v) is 2.74. The molecule has 2 aromatic heterocycles. The van der Waals surface area contributed by atoms with Crippen molar-refractivity contribution in [1.82, 2.24) is 19.3 Å². The second-order valence-corrected chi connectivity index (χ2v) is 5.87. The van der Waals surface area contributed by atoms with Gasteiger partial charge < -0.3 is 0 Å². The lowest BCUT2D eigenvalue weighted by atomic mass is 10.2. The molecule has 0 spiro atoms. The van der Waals surface area contributed by atoms with Crippen LogP contribution < -0.4 is 5.56 Å². The van der Waals surface area contributed by atoms with Crippen molar-refractivity contribution in [2.24, 2.45) is 0 Å². The molecule has 0 amide bonds. The van der Waals surface area contributed by atoms with E-state index >= 15 is 0 Å². The third-order valence-corrected chi connectivity index (χ3v) is 4.07. The summed E-state index contributed by atoms with van der Waals surface area (Å²) in [5.41, 5.74) is 2.28. The number of rotatable bonds is 3. The fraction of sp³-hybridized carbons (Fsp3) is 0.0556. The van der Waals surface area contributed by atoms with Gasteiger partial charge in [0.05, 0.1) is 18.4 Å². The molecule has 0 aliphatic heterocycles. The third kappa shape index (κ3) is 2.59. The summed E-state index contributed by atoms with van der Waals surface area (Å²) in [6, 6.07) is 17.0. The normalized spacial score (nSPS) is 11.0. The summed E-state index contributed by atoms with van der Waals surface area (Å²) in [4.78, 5) is 17.1. The van der Waals surface area contributed by atoms with Crippen molar-refractivity contribution in [1.29, 1.82) is 0 Å². The van der Waals surface area contributed by atoms with Crippen LogP contribution in [0.1, 0.15) is 5.56 Å². The second-order valence-electron chi connectivity index (χ2n) is 5.43. The van der Waals surface area contributed by atoms with Crippen molar-refractivity contribution in [3.63, 3.8) is 0 Å². The summed E-state index contributed by atoms with van der Waals surface area (Å²) in [6.45, 7) is 0.481. The van der Waals surface area contributed by atoms with Gasteiger partial charge in [-0.3, -0.25) is 9.36 Å². The number of aromatic nitrogens is 4. The fourth-order valence-electron chi connectivity index (χ4n) is 2.61. The molecule has 118 valence electrons. The highest BCUT2D eigenvalue weighted by Crippen LogP contribution is 2.16. The summed E-state index contributed by atoms with van der Waals surface area (Å²) in [6.07, 6.45) is 3.12. The molecule has 0 aliphatic rings. The molecule has 5 nitrogen and oxygen atoms in total. The van der Waals surface area contributed by atoms with E-state index in [4.69, 9.17) is 11.6 Å². The van der Waals surface area contributed by atoms with E-state index in [1.165, 1.54) is 0 Å². The average Bonchev–Trinajstić information content (AvgIpc) is 3.04. The van der Waals surface area contributed by atoms with Crippen molar-refractivity contribution < 1.29 is 0 Å². The van der Waals surface area contributed by atoms with Gasteiger partial charge in [0, 0.05) is 5.02 Å². The number of hydrogen-bond acceptors (Lipinski definition) is 3. The Bertz CT molecular complexity index is 1050. The number of halogens is 1. The number of nitrogens with zero attached hydrogens (tertiary/aromatic N) is 4. The highest BCUT2D eigenvalue weighted by atomic mass is 35.5. The highest BCUT2D eigenvalue weighted by molar-refractivity contribution is 6.30. The highest BCUT2D eigenvalue weighted by Gasteiger charge is 2.11. The monoisotopic (exact) mass is 336 g/mol. The first kappa shape index (κ1) is 14.7. The lowest BCUT2D eigenvalue weighted by molar-refractivity contribution is 0.745. The standard InChI is InChI=1S/C18H13ClN4O/c19-14-6-8-15(9-7-14)23-17-16(10-21-23)18(24)22(12-20-17)11-13-4-2-1-3-5-13/h1-10,12H,11H2. The number of hydrogen-bond donors (Lipinski definition) is 0. The first-order valence-corrected chi connectivity index (χ1v) is 7.83. The minimum absolute atomic E-state index is 0.107. The van der Waals surface area contributed by atoms with Gasteiger partial charge >= 0.3 is 0 Å². The zero-order valence-corrected chi connectivity index (χ0v) is 13.4. The predicted octanol–water partition coefficient (Wildman–Crippen LogP) is 3.28. The van der Waals surface area contributed by atoms with E-state index in [1.54, 1.807) is 33.9 Å². The van der Waals surface area contributed by atoms with E-state index in [1.807, 2.05) is 42.5 Å². The molecule has 0 saturated heterocycles. The van der Waals surface area contributed by atoms with Crippen LogP contribution in [-0.4, -0.2) is 19.3 Å². The Morgan fingerprint density at radius 2 is 1.75 bits per heavy atom. The van der Waals surface area contributed by atoms with Crippen LogP contribution in [0.15, 0.2) is 71.9 Å². The quantitative estimate of drug-likeness (QED) is 0.577. The summed E-state index contributed by atoms with van der Waals surface area (Å²) >= 11 is 5.92. The van der Waals surface area contributed by atoms with Gasteiger partial charge in [0.2, 0.25) is 0 Å². The molecule has 4 aromatic rings. The molecule has 0 saturated carbocycles. The van der Waals surface area contributed by atoms with Crippen LogP contribution in [-0.2, 0) is 6.54 Å². The van der Waals surface area contributed by atoms with Crippen molar-refractivity contribution in [3.8, 4) is 5.69 Å². The summed E-state index contributed by atoms with van der Waals surface area (Å²) in [5, 5.41) is 5.44. The minimum Gasteiger partial charge on any atom is -0.294 e. The Kier molecular flexibility index (Phi) is 3.63. The average molecular weight is 337 g/mol. The molecule has 2 aromatic carbocycles. The molecule has 6 heteroatoms. The first-order valence-electron chi connectivity index (χ1n) is 7.45. The van der Waals surface area contributed by atoms with Gasteiger partial charge in [-0.05, 0) is 29.8 Å². The van der Waals surface area contributed by atoms with Crippen LogP contribution in [0, 0.1) is 0 Å². The third-order valence-electron chi connectivity index (χ3n) is 3.82. The van der Waals surface area contributed by atoms with Crippen LogP contribution in [0.4, 0.5) is 0 Å². The Labute approximate surface area is 142 Å². The summed E-state index contributed by atoms with van der Waals surface area (Å²) in [5.74, 6) is 0. The summed E-state index contributed by atoms with van der Waals surface area (Å²) in [7, 11) is 0. The molecule has 0 N–H and O–H groups in total. The maximum atomic E-state index is 12.7. The lowest BCUT2D eigenvalue weighted by Crippen LogP contribution is -2.21. The topological polar surface area (TPSA) is 52.7 Å². The van der Waals surface area contributed by atoms with Crippen LogP contribution in [0.3, 0.4) is 0 Å². The van der Waals surface area contributed by atoms with Gasteiger partial charge in [0.1, 0.15) is 11.7 Å². The van der Waals surface area contributed by atoms with E-state index < -0.39 is 0 Å². The van der Waals surface area contributed by atoms with Crippen molar-refractivity contribution in [2.75, 3.05) is 0 Å². The molecule has 4 rings (SSSR count). The molecule has 0 unspecified atom stereocenters. The molecule has 2 heterocycles. The van der Waals surface area contributed by atoms with Gasteiger partial charge in [-0.2, -0.15) is 5.10 Å². The maximum Gasteiger partial charge on any atom is 0.264 e. The molecule has 0 radical (unpaired) electrons.